The zero-order chi connectivity index (χ0) is 20.9. The van der Waals surface area contributed by atoms with Crippen LogP contribution >= 0.6 is 12.2 Å². The monoisotopic (exact) mass is 416 g/mol. The van der Waals surface area contributed by atoms with E-state index in [1.165, 1.54) is 22.3 Å². The van der Waals surface area contributed by atoms with E-state index in [-0.39, 0.29) is 0 Å². The van der Waals surface area contributed by atoms with Crippen molar-refractivity contribution in [1.82, 2.24) is 19.6 Å². The van der Waals surface area contributed by atoms with Crippen LogP contribution in [0, 0.1) is 13.8 Å². The van der Waals surface area contributed by atoms with Crippen LogP contribution in [0.15, 0.2) is 73.3 Å². The highest BCUT2D eigenvalue weighted by Gasteiger charge is 2.05. The Morgan fingerprint density at radius 2 is 1.40 bits per heavy atom. The van der Waals surface area contributed by atoms with Gasteiger partial charge in [-0.15, -0.1) is 0 Å². The zero-order valence-electron chi connectivity index (χ0n) is 17.0. The lowest BCUT2D eigenvalue weighted by Crippen LogP contribution is -2.18. The predicted molar refractivity (Wildman–Crippen MR) is 125 cm³/mol. The molecule has 0 aliphatic rings. The van der Waals surface area contributed by atoms with Crippen molar-refractivity contribution in [2.45, 2.75) is 26.9 Å². The molecule has 0 aliphatic carbocycles. The van der Waals surface area contributed by atoms with Gasteiger partial charge in [-0.05, 0) is 37.2 Å². The van der Waals surface area contributed by atoms with Gasteiger partial charge >= 0.3 is 0 Å². The lowest BCUT2D eigenvalue weighted by atomic mass is 10.1. The van der Waals surface area contributed by atoms with E-state index in [1.807, 2.05) is 21.8 Å². The summed E-state index contributed by atoms with van der Waals surface area (Å²) in [6.07, 6.45) is 7.42. The highest BCUT2D eigenvalue weighted by Crippen LogP contribution is 2.12. The maximum Gasteiger partial charge on any atom is 0.175 e. The number of benzene rings is 2. The molecule has 0 atom stereocenters. The van der Waals surface area contributed by atoms with E-state index in [1.54, 1.807) is 12.4 Å². The summed E-state index contributed by atoms with van der Waals surface area (Å²) >= 11 is 5.43. The topological polar surface area (TPSA) is 59.7 Å². The molecule has 7 heteroatoms. The Morgan fingerprint density at radius 1 is 0.800 bits per heavy atom. The molecule has 0 aliphatic heterocycles. The lowest BCUT2D eigenvalue weighted by Gasteiger charge is -2.07. The van der Waals surface area contributed by atoms with Crippen molar-refractivity contribution < 1.29 is 0 Å². The first-order valence-corrected chi connectivity index (χ1v) is 10.2. The Morgan fingerprint density at radius 3 is 2.00 bits per heavy atom. The first kappa shape index (κ1) is 19.8. The third-order valence-corrected chi connectivity index (χ3v) is 4.88. The molecule has 0 amide bonds. The minimum Gasteiger partial charge on any atom is -0.330 e. The van der Waals surface area contributed by atoms with Crippen molar-refractivity contribution >= 4 is 28.7 Å². The normalized spacial score (nSPS) is 10.7. The van der Waals surface area contributed by atoms with Crippen LogP contribution in [0.4, 0.5) is 11.4 Å². The summed E-state index contributed by atoms with van der Waals surface area (Å²) in [4.78, 5) is 0. The molecular weight excluding hydrogens is 392 g/mol. The number of thiocarbonyl (C=S) groups is 1. The van der Waals surface area contributed by atoms with Gasteiger partial charge in [0.1, 0.15) is 0 Å². The summed E-state index contributed by atoms with van der Waals surface area (Å²) in [6.45, 7) is 5.61. The number of rotatable bonds is 6. The van der Waals surface area contributed by atoms with E-state index >= 15 is 0 Å². The molecule has 30 heavy (non-hydrogen) atoms. The summed E-state index contributed by atoms with van der Waals surface area (Å²) in [5, 5.41) is 15.7. The van der Waals surface area contributed by atoms with Gasteiger partial charge in [-0.1, -0.05) is 59.7 Å². The molecule has 6 nitrogen and oxygen atoms in total. The molecular formula is C23H24N6S. The van der Waals surface area contributed by atoms with Crippen LogP contribution in [0.1, 0.15) is 22.3 Å². The van der Waals surface area contributed by atoms with Crippen LogP contribution in [0.5, 0.6) is 0 Å². The third kappa shape index (κ3) is 5.33. The summed E-state index contributed by atoms with van der Waals surface area (Å²) in [5.41, 5.74) is 6.59. The fourth-order valence-corrected chi connectivity index (χ4v) is 3.44. The van der Waals surface area contributed by atoms with E-state index < -0.39 is 0 Å². The number of hydrogen-bond acceptors (Lipinski definition) is 3. The van der Waals surface area contributed by atoms with Gasteiger partial charge in [-0.3, -0.25) is 9.36 Å². The predicted octanol–water partition coefficient (Wildman–Crippen LogP) is 4.60. The maximum absolute atomic E-state index is 5.43. The summed E-state index contributed by atoms with van der Waals surface area (Å²) in [5.74, 6) is 0. The van der Waals surface area contributed by atoms with Crippen LogP contribution in [0.25, 0.3) is 0 Å². The van der Waals surface area contributed by atoms with Crippen molar-refractivity contribution in [3.05, 3.63) is 95.6 Å². The summed E-state index contributed by atoms with van der Waals surface area (Å²) in [7, 11) is 0. The molecule has 2 N–H and O–H groups in total. The number of anilines is 2. The van der Waals surface area contributed by atoms with Crippen molar-refractivity contribution in [2.75, 3.05) is 10.6 Å². The van der Waals surface area contributed by atoms with E-state index in [0.29, 0.717) is 11.7 Å². The highest BCUT2D eigenvalue weighted by atomic mass is 32.1. The Labute approximate surface area is 181 Å². The van der Waals surface area contributed by atoms with Gasteiger partial charge in [0.15, 0.2) is 5.11 Å². The van der Waals surface area contributed by atoms with E-state index in [2.05, 4.69) is 83.2 Å². The molecule has 0 fully saturated rings. The second kappa shape index (κ2) is 8.92. The maximum atomic E-state index is 5.43. The van der Waals surface area contributed by atoms with Gasteiger partial charge in [0.25, 0.3) is 0 Å². The molecule has 0 spiro atoms. The average molecular weight is 417 g/mol. The summed E-state index contributed by atoms with van der Waals surface area (Å²) < 4.78 is 3.77. The Hall–Kier alpha value is -3.45. The smallest absolute Gasteiger partial charge is 0.175 e. The van der Waals surface area contributed by atoms with Crippen LogP contribution in [-0.4, -0.2) is 24.7 Å². The molecule has 4 rings (SSSR count). The molecule has 0 radical (unpaired) electrons. The van der Waals surface area contributed by atoms with Gasteiger partial charge in [0, 0.05) is 12.4 Å². The number of nitrogens with zero attached hydrogens (tertiary/aromatic N) is 4. The fraction of sp³-hybridized carbons (Fsp3) is 0.174. The second-order valence-electron chi connectivity index (χ2n) is 7.41. The van der Waals surface area contributed by atoms with Crippen molar-refractivity contribution in [2.24, 2.45) is 0 Å². The molecule has 2 heterocycles. The number of hydrogen-bond donors (Lipinski definition) is 2. The van der Waals surface area contributed by atoms with Gasteiger partial charge in [-0.2, -0.15) is 10.2 Å². The Kier molecular flexibility index (Phi) is 5.90. The largest absolute Gasteiger partial charge is 0.330 e. The molecule has 4 aromatic rings. The van der Waals surface area contributed by atoms with Gasteiger partial charge < -0.3 is 10.6 Å². The fourth-order valence-electron chi connectivity index (χ4n) is 3.20. The number of nitrogens with one attached hydrogen (secondary N) is 2. The molecule has 2 aromatic heterocycles. The van der Waals surface area contributed by atoms with Crippen LogP contribution in [-0.2, 0) is 13.1 Å². The highest BCUT2D eigenvalue weighted by molar-refractivity contribution is 7.80. The van der Waals surface area contributed by atoms with Crippen molar-refractivity contribution in [3.63, 3.8) is 0 Å². The second-order valence-corrected chi connectivity index (χ2v) is 7.82. The zero-order valence-corrected chi connectivity index (χ0v) is 17.9. The average Bonchev–Trinajstić information content (AvgIpc) is 3.33. The van der Waals surface area contributed by atoms with Crippen molar-refractivity contribution in [3.8, 4) is 0 Å². The van der Waals surface area contributed by atoms with Gasteiger partial charge in [-0.25, -0.2) is 0 Å². The molecule has 2 aromatic carbocycles. The van der Waals surface area contributed by atoms with E-state index in [9.17, 15) is 0 Å². The minimum atomic E-state index is 0.500. The standard InChI is InChI=1S/C23H24N6S/c1-17-6-8-19(9-7-17)13-28-15-21(11-24-28)26-23(30)27-22-12-25-29(16-22)14-20-5-3-4-18(2)10-20/h3-12,15-16H,13-14H2,1-2H3,(H2,26,27,30). The number of aryl methyl sites for hydroxylation is 2. The SMILES string of the molecule is Cc1ccc(Cn2cc(NC(=S)Nc3cnn(Cc4cccc(C)c4)c3)cn2)cc1. The molecule has 0 unspecified atom stereocenters. The van der Waals surface area contributed by atoms with Gasteiger partial charge in [0.2, 0.25) is 0 Å². The Balaban J connectivity index is 1.31. The Bertz CT molecular complexity index is 1140. The first-order chi connectivity index (χ1) is 14.5. The minimum absolute atomic E-state index is 0.500. The number of aromatic nitrogens is 4. The molecule has 0 saturated carbocycles. The quantitative estimate of drug-likeness (QED) is 0.450. The van der Waals surface area contributed by atoms with E-state index in [0.717, 1.165) is 17.9 Å². The lowest BCUT2D eigenvalue weighted by molar-refractivity contribution is 0.686. The first-order valence-electron chi connectivity index (χ1n) is 9.77. The van der Waals surface area contributed by atoms with Gasteiger partial charge in [0.05, 0.1) is 36.9 Å². The summed E-state index contributed by atoms with van der Waals surface area (Å²) in [6, 6.07) is 16.9. The van der Waals surface area contributed by atoms with Crippen LogP contribution < -0.4 is 10.6 Å². The van der Waals surface area contributed by atoms with E-state index in [4.69, 9.17) is 12.2 Å². The molecule has 152 valence electrons. The molecule has 0 saturated heterocycles. The molecule has 0 bridgehead atoms. The van der Waals surface area contributed by atoms with Crippen LogP contribution in [0.3, 0.4) is 0 Å². The van der Waals surface area contributed by atoms with Crippen LogP contribution in [0.2, 0.25) is 0 Å². The third-order valence-electron chi connectivity index (χ3n) is 4.67. The van der Waals surface area contributed by atoms with Crippen molar-refractivity contribution in [1.29, 1.82) is 0 Å².